The maximum absolute atomic E-state index is 13.0. The van der Waals surface area contributed by atoms with Crippen molar-refractivity contribution in [1.82, 2.24) is 20.2 Å². The van der Waals surface area contributed by atoms with Crippen molar-refractivity contribution < 1.29 is 9.18 Å². The summed E-state index contributed by atoms with van der Waals surface area (Å²) < 4.78 is 14.5. The molecule has 0 fully saturated rings. The predicted octanol–water partition coefficient (Wildman–Crippen LogP) is 2.71. The highest BCUT2D eigenvalue weighted by Gasteiger charge is 2.11. The molecule has 1 N–H and O–H groups in total. The van der Waals surface area contributed by atoms with Crippen LogP contribution in [-0.2, 0) is 0 Å². The summed E-state index contributed by atoms with van der Waals surface area (Å²) in [7, 11) is 0. The van der Waals surface area contributed by atoms with Crippen molar-refractivity contribution in [3.05, 3.63) is 65.2 Å². The van der Waals surface area contributed by atoms with Crippen molar-refractivity contribution in [3.63, 3.8) is 0 Å². The molecule has 110 valence electrons. The van der Waals surface area contributed by atoms with E-state index in [1.165, 1.54) is 23.1 Å². The van der Waals surface area contributed by atoms with Gasteiger partial charge in [0.05, 0.1) is 16.3 Å². The van der Waals surface area contributed by atoms with Crippen molar-refractivity contribution in [2.75, 3.05) is 5.32 Å². The van der Waals surface area contributed by atoms with Crippen LogP contribution >= 0.6 is 11.6 Å². The van der Waals surface area contributed by atoms with E-state index in [9.17, 15) is 9.18 Å². The van der Waals surface area contributed by atoms with Crippen LogP contribution in [0.3, 0.4) is 0 Å². The molecule has 0 aliphatic carbocycles. The molecule has 0 radical (unpaired) electrons. The Morgan fingerprint density at radius 1 is 1.18 bits per heavy atom. The Labute approximate surface area is 129 Å². The third-order valence-electron chi connectivity index (χ3n) is 2.91. The second-order valence-corrected chi connectivity index (χ2v) is 4.79. The number of benzene rings is 2. The zero-order valence-electron chi connectivity index (χ0n) is 11.1. The second-order valence-electron chi connectivity index (χ2n) is 4.38. The number of nitrogens with one attached hydrogen (secondary N) is 1. The standard InChI is InChI=1S/C14H9ClFN5O/c15-13-7-9(16)1-6-12(13)14(22)18-10-2-4-11(5-3-10)21-8-17-19-20-21/h1-8H,(H,18,22). The van der Waals surface area contributed by atoms with Crippen molar-refractivity contribution in [1.29, 1.82) is 0 Å². The first-order valence-corrected chi connectivity index (χ1v) is 6.61. The zero-order valence-corrected chi connectivity index (χ0v) is 11.8. The largest absolute Gasteiger partial charge is 0.322 e. The quantitative estimate of drug-likeness (QED) is 0.806. The molecule has 0 aliphatic rings. The van der Waals surface area contributed by atoms with E-state index < -0.39 is 11.7 Å². The maximum Gasteiger partial charge on any atom is 0.257 e. The molecule has 6 nitrogen and oxygen atoms in total. The van der Waals surface area contributed by atoms with E-state index in [0.717, 1.165) is 11.8 Å². The lowest BCUT2D eigenvalue weighted by molar-refractivity contribution is 0.102. The summed E-state index contributed by atoms with van der Waals surface area (Å²) >= 11 is 5.86. The Balaban J connectivity index is 1.77. The molecule has 0 saturated heterocycles. The molecule has 3 rings (SSSR count). The van der Waals surface area contributed by atoms with Gasteiger partial charge in [-0.3, -0.25) is 4.79 Å². The monoisotopic (exact) mass is 317 g/mol. The van der Waals surface area contributed by atoms with Gasteiger partial charge in [-0.05, 0) is 52.9 Å². The highest BCUT2D eigenvalue weighted by Crippen LogP contribution is 2.19. The predicted molar refractivity (Wildman–Crippen MR) is 78.5 cm³/mol. The Kier molecular flexibility index (Phi) is 3.80. The Bertz CT molecular complexity index is 805. The highest BCUT2D eigenvalue weighted by atomic mass is 35.5. The molecule has 8 heteroatoms. The van der Waals surface area contributed by atoms with E-state index in [1.54, 1.807) is 24.3 Å². The Hall–Kier alpha value is -2.80. The minimum atomic E-state index is -0.493. The van der Waals surface area contributed by atoms with Crippen LogP contribution in [-0.4, -0.2) is 26.1 Å². The molecule has 1 heterocycles. The van der Waals surface area contributed by atoms with Gasteiger partial charge >= 0.3 is 0 Å². The van der Waals surface area contributed by atoms with Crippen molar-refractivity contribution in [2.45, 2.75) is 0 Å². The molecule has 0 saturated carbocycles. The minimum Gasteiger partial charge on any atom is -0.322 e. The fourth-order valence-electron chi connectivity index (χ4n) is 1.85. The number of carbonyl (C=O) groups is 1. The summed E-state index contributed by atoms with van der Waals surface area (Å²) in [4.78, 5) is 12.1. The van der Waals surface area contributed by atoms with Crippen LogP contribution in [0.4, 0.5) is 10.1 Å². The van der Waals surface area contributed by atoms with E-state index in [0.29, 0.717) is 5.69 Å². The topological polar surface area (TPSA) is 72.7 Å². The second kappa shape index (κ2) is 5.90. The SMILES string of the molecule is O=C(Nc1ccc(-n2cnnn2)cc1)c1ccc(F)cc1Cl. The zero-order chi connectivity index (χ0) is 15.5. The van der Waals surface area contributed by atoms with Crippen LogP contribution in [0, 0.1) is 5.82 Å². The first kappa shape index (κ1) is 14.2. The molecule has 0 unspecified atom stereocenters. The number of anilines is 1. The van der Waals surface area contributed by atoms with Crippen LogP contribution in [0.1, 0.15) is 10.4 Å². The van der Waals surface area contributed by atoms with Crippen LogP contribution in [0.15, 0.2) is 48.8 Å². The summed E-state index contributed by atoms with van der Waals surface area (Å²) in [6.45, 7) is 0. The first-order valence-electron chi connectivity index (χ1n) is 6.23. The number of halogens is 2. The molecule has 1 aromatic heterocycles. The molecule has 22 heavy (non-hydrogen) atoms. The number of carbonyl (C=O) groups excluding carboxylic acids is 1. The van der Waals surface area contributed by atoms with Gasteiger partial charge < -0.3 is 5.32 Å². The average Bonchev–Trinajstić information content (AvgIpc) is 3.02. The molecule has 0 aliphatic heterocycles. The van der Waals surface area contributed by atoms with Crippen LogP contribution in [0.25, 0.3) is 5.69 Å². The van der Waals surface area contributed by atoms with Gasteiger partial charge in [0.1, 0.15) is 12.1 Å². The van der Waals surface area contributed by atoms with E-state index in [2.05, 4.69) is 20.8 Å². The van der Waals surface area contributed by atoms with Crippen LogP contribution in [0.2, 0.25) is 5.02 Å². The summed E-state index contributed by atoms with van der Waals surface area (Å²) in [6, 6.07) is 10.5. The van der Waals surface area contributed by atoms with E-state index in [4.69, 9.17) is 11.6 Å². The van der Waals surface area contributed by atoms with Gasteiger partial charge in [-0.1, -0.05) is 11.6 Å². The Morgan fingerprint density at radius 2 is 1.95 bits per heavy atom. The summed E-state index contributed by atoms with van der Waals surface area (Å²) in [5.74, 6) is -0.910. The number of tetrazole rings is 1. The van der Waals surface area contributed by atoms with Gasteiger partial charge in [0.15, 0.2) is 0 Å². The fraction of sp³-hybridized carbons (Fsp3) is 0. The number of amides is 1. The number of hydrogen-bond donors (Lipinski definition) is 1. The van der Waals surface area contributed by atoms with E-state index in [-0.39, 0.29) is 10.6 Å². The highest BCUT2D eigenvalue weighted by molar-refractivity contribution is 6.34. The summed E-state index contributed by atoms with van der Waals surface area (Å²) in [5, 5.41) is 13.6. The Morgan fingerprint density at radius 3 is 2.59 bits per heavy atom. The maximum atomic E-state index is 13.0. The molecular formula is C14H9ClFN5O. The van der Waals surface area contributed by atoms with Gasteiger partial charge in [-0.15, -0.1) is 5.10 Å². The lowest BCUT2D eigenvalue weighted by Gasteiger charge is -2.07. The van der Waals surface area contributed by atoms with Gasteiger partial charge in [-0.2, -0.15) is 0 Å². The van der Waals surface area contributed by atoms with Gasteiger partial charge in [0.25, 0.3) is 5.91 Å². The number of hydrogen-bond acceptors (Lipinski definition) is 4. The van der Waals surface area contributed by atoms with Crippen LogP contribution < -0.4 is 5.32 Å². The molecule has 3 aromatic rings. The lowest BCUT2D eigenvalue weighted by Crippen LogP contribution is -2.12. The lowest BCUT2D eigenvalue weighted by atomic mass is 10.2. The van der Waals surface area contributed by atoms with Gasteiger partial charge in [0.2, 0.25) is 0 Å². The van der Waals surface area contributed by atoms with Crippen molar-refractivity contribution >= 4 is 23.2 Å². The van der Waals surface area contributed by atoms with Gasteiger partial charge in [-0.25, -0.2) is 9.07 Å². The van der Waals surface area contributed by atoms with Crippen LogP contribution in [0.5, 0.6) is 0 Å². The van der Waals surface area contributed by atoms with E-state index in [1.807, 2.05) is 0 Å². The molecule has 0 atom stereocenters. The number of rotatable bonds is 3. The molecule has 0 bridgehead atoms. The molecule has 1 amide bonds. The first-order chi connectivity index (χ1) is 10.6. The smallest absolute Gasteiger partial charge is 0.257 e. The number of aromatic nitrogens is 4. The summed E-state index contributed by atoms with van der Waals surface area (Å²) in [5.41, 5.74) is 1.53. The molecule has 0 spiro atoms. The molecule has 2 aromatic carbocycles. The molecular weight excluding hydrogens is 309 g/mol. The van der Waals surface area contributed by atoms with Crippen molar-refractivity contribution in [3.8, 4) is 5.69 Å². The van der Waals surface area contributed by atoms with Crippen molar-refractivity contribution in [2.24, 2.45) is 0 Å². The van der Waals surface area contributed by atoms with E-state index >= 15 is 0 Å². The third-order valence-corrected chi connectivity index (χ3v) is 3.23. The fourth-order valence-corrected chi connectivity index (χ4v) is 2.10. The normalized spacial score (nSPS) is 10.5. The number of nitrogens with zero attached hydrogens (tertiary/aromatic N) is 4. The summed E-state index contributed by atoms with van der Waals surface area (Å²) in [6.07, 6.45) is 1.46. The minimum absolute atomic E-state index is 0.0582. The third kappa shape index (κ3) is 2.94. The average molecular weight is 318 g/mol. The van der Waals surface area contributed by atoms with Gasteiger partial charge in [0, 0.05) is 5.69 Å².